The summed E-state index contributed by atoms with van der Waals surface area (Å²) in [6.07, 6.45) is 14.3. The molecule has 0 rings (SSSR count). The van der Waals surface area contributed by atoms with Crippen molar-refractivity contribution in [2.24, 2.45) is 0 Å². The Labute approximate surface area is 82.9 Å². The van der Waals surface area contributed by atoms with Crippen molar-refractivity contribution in [3.63, 3.8) is 0 Å². The summed E-state index contributed by atoms with van der Waals surface area (Å²) in [7, 11) is 0. The molecule has 1 nitrogen and oxygen atoms in total. The zero-order chi connectivity index (χ0) is 9.78. The highest BCUT2D eigenvalue weighted by atomic mass is 16.5. The lowest BCUT2D eigenvalue weighted by molar-refractivity contribution is 0.162. The van der Waals surface area contributed by atoms with Crippen LogP contribution in [0.2, 0.25) is 0 Å². The molecular weight excluding hydrogens is 160 g/mol. The van der Waals surface area contributed by atoms with E-state index in [4.69, 9.17) is 11.2 Å². The molecule has 0 bridgehead atoms. The van der Waals surface area contributed by atoms with Crippen molar-refractivity contribution < 1.29 is 4.74 Å². The molecule has 0 N–H and O–H groups in total. The topological polar surface area (TPSA) is 9.23 Å². The summed E-state index contributed by atoms with van der Waals surface area (Å²) in [5.74, 6) is 2.46. The number of terminal acetylenes is 1. The molecule has 0 aromatic carbocycles. The first-order valence-corrected chi connectivity index (χ1v) is 5.43. The van der Waals surface area contributed by atoms with Gasteiger partial charge in [0, 0.05) is 6.61 Å². The van der Waals surface area contributed by atoms with Gasteiger partial charge in [-0.2, -0.15) is 0 Å². The van der Waals surface area contributed by atoms with Crippen molar-refractivity contribution in [3.05, 3.63) is 0 Å². The molecule has 0 atom stereocenters. The monoisotopic (exact) mass is 182 g/mol. The molecule has 0 aliphatic rings. The number of ether oxygens (including phenoxy) is 1. The third kappa shape index (κ3) is 11.5. The summed E-state index contributed by atoms with van der Waals surface area (Å²) >= 11 is 0. The van der Waals surface area contributed by atoms with Crippen molar-refractivity contribution >= 4 is 0 Å². The Morgan fingerprint density at radius 1 is 1.00 bits per heavy atom. The zero-order valence-electron chi connectivity index (χ0n) is 8.85. The lowest BCUT2D eigenvalue weighted by atomic mass is 10.1. The molecule has 0 spiro atoms. The highest BCUT2D eigenvalue weighted by Gasteiger charge is 1.90. The molecule has 0 aliphatic carbocycles. The molecule has 0 amide bonds. The van der Waals surface area contributed by atoms with Gasteiger partial charge >= 0.3 is 0 Å². The van der Waals surface area contributed by atoms with E-state index in [2.05, 4.69) is 12.8 Å². The molecular formula is C12H22O. The molecule has 0 aliphatic heterocycles. The maximum Gasteiger partial charge on any atom is 0.107 e. The van der Waals surface area contributed by atoms with Crippen LogP contribution in [0.3, 0.4) is 0 Å². The molecule has 0 saturated carbocycles. The quantitative estimate of drug-likeness (QED) is 0.392. The van der Waals surface area contributed by atoms with Gasteiger partial charge in [0.05, 0.1) is 0 Å². The van der Waals surface area contributed by atoms with Crippen LogP contribution in [0.1, 0.15) is 51.9 Å². The normalized spacial score (nSPS) is 9.85. The Bertz CT molecular complexity index is 124. The van der Waals surface area contributed by atoms with Gasteiger partial charge in [-0.3, -0.25) is 0 Å². The van der Waals surface area contributed by atoms with Crippen LogP contribution >= 0.6 is 0 Å². The van der Waals surface area contributed by atoms with Gasteiger partial charge in [0.25, 0.3) is 0 Å². The first-order valence-electron chi connectivity index (χ1n) is 5.43. The van der Waals surface area contributed by atoms with E-state index in [9.17, 15) is 0 Å². The molecule has 0 unspecified atom stereocenters. The second kappa shape index (κ2) is 11.5. The SMILES string of the molecule is C#CCOCCCCCCCCC. The third-order valence-corrected chi connectivity index (χ3v) is 2.08. The lowest BCUT2D eigenvalue weighted by Gasteiger charge is -2.00. The molecule has 0 radical (unpaired) electrons. The minimum Gasteiger partial charge on any atom is -0.369 e. The second-order valence-electron chi connectivity index (χ2n) is 3.38. The van der Waals surface area contributed by atoms with E-state index in [0.717, 1.165) is 13.0 Å². The summed E-state index contributed by atoms with van der Waals surface area (Å²) in [4.78, 5) is 0. The highest BCUT2D eigenvalue weighted by molar-refractivity contribution is 4.82. The van der Waals surface area contributed by atoms with E-state index in [-0.39, 0.29) is 0 Å². The molecule has 0 fully saturated rings. The second-order valence-corrected chi connectivity index (χ2v) is 3.38. The predicted octanol–water partition coefficient (Wildman–Crippen LogP) is 3.39. The van der Waals surface area contributed by atoms with Gasteiger partial charge in [-0.15, -0.1) is 6.42 Å². The molecule has 0 aromatic heterocycles. The Kier molecular flexibility index (Phi) is 11.1. The average molecular weight is 182 g/mol. The van der Waals surface area contributed by atoms with Gasteiger partial charge in [-0.25, -0.2) is 0 Å². The van der Waals surface area contributed by atoms with Gasteiger partial charge in [-0.1, -0.05) is 51.4 Å². The number of hydrogen-bond donors (Lipinski definition) is 0. The van der Waals surface area contributed by atoms with Gasteiger partial charge in [0.1, 0.15) is 6.61 Å². The largest absolute Gasteiger partial charge is 0.369 e. The van der Waals surface area contributed by atoms with Crippen molar-refractivity contribution in [1.29, 1.82) is 0 Å². The summed E-state index contributed by atoms with van der Waals surface area (Å²) in [6, 6.07) is 0. The summed E-state index contributed by atoms with van der Waals surface area (Å²) in [6.45, 7) is 3.54. The van der Waals surface area contributed by atoms with Crippen molar-refractivity contribution in [3.8, 4) is 12.3 Å². The summed E-state index contributed by atoms with van der Waals surface area (Å²) in [5.41, 5.74) is 0. The maximum atomic E-state index is 5.17. The van der Waals surface area contributed by atoms with E-state index in [0.29, 0.717) is 6.61 Å². The van der Waals surface area contributed by atoms with Crippen molar-refractivity contribution in [1.82, 2.24) is 0 Å². The standard InChI is InChI=1S/C12H22O/c1-3-5-6-7-8-9-10-12-13-11-4-2/h2H,3,5-12H2,1H3. The van der Waals surface area contributed by atoms with Crippen LogP contribution in [0, 0.1) is 12.3 Å². The third-order valence-electron chi connectivity index (χ3n) is 2.08. The first-order chi connectivity index (χ1) is 6.41. The highest BCUT2D eigenvalue weighted by Crippen LogP contribution is 2.06. The summed E-state index contributed by atoms with van der Waals surface area (Å²) < 4.78 is 5.17. The Morgan fingerprint density at radius 3 is 2.23 bits per heavy atom. The molecule has 13 heavy (non-hydrogen) atoms. The van der Waals surface area contributed by atoms with Crippen molar-refractivity contribution in [2.45, 2.75) is 51.9 Å². The minimum absolute atomic E-state index is 0.468. The van der Waals surface area contributed by atoms with Crippen LogP contribution < -0.4 is 0 Å². The van der Waals surface area contributed by atoms with Crippen molar-refractivity contribution in [2.75, 3.05) is 13.2 Å². The molecule has 76 valence electrons. The van der Waals surface area contributed by atoms with E-state index in [1.165, 1.54) is 38.5 Å². The molecule has 0 heterocycles. The fourth-order valence-corrected chi connectivity index (χ4v) is 1.29. The summed E-state index contributed by atoms with van der Waals surface area (Å²) in [5, 5.41) is 0. The van der Waals surface area contributed by atoms with Crippen LogP contribution in [-0.2, 0) is 4.74 Å². The lowest BCUT2D eigenvalue weighted by Crippen LogP contribution is -1.94. The molecule has 0 saturated heterocycles. The van der Waals surface area contributed by atoms with E-state index < -0.39 is 0 Å². The smallest absolute Gasteiger partial charge is 0.107 e. The predicted molar refractivity (Wildman–Crippen MR) is 57.6 cm³/mol. The fraction of sp³-hybridized carbons (Fsp3) is 0.833. The Hall–Kier alpha value is -0.480. The number of unbranched alkanes of at least 4 members (excludes halogenated alkanes) is 6. The fourth-order valence-electron chi connectivity index (χ4n) is 1.29. The van der Waals surface area contributed by atoms with E-state index in [1.807, 2.05) is 0 Å². The maximum absolute atomic E-state index is 5.17. The van der Waals surface area contributed by atoms with Crippen LogP contribution in [0.5, 0.6) is 0 Å². The van der Waals surface area contributed by atoms with Gasteiger partial charge in [-0.05, 0) is 6.42 Å². The van der Waals surface area contributed by atoms with E-state index >= 15 is 0 Å². The number of hydrogen-bond acceptors (Lipinski definition) is 1. The molecule has 0 aromatic rings. The number of rotatable bonds is 9. The van der Waals surface area contributed by atoms with Gasteiger partial charge < -0.3 is 4.74 Å². The van der Waals surface area contributed by atoms with Gasteiger partial charge in [0.15, 0.2) is 0 Å². The van der Waals surface area contributed by atoms with Gasteiger partial charge in [0.2, 0.25) is 0 Å². The zero-order valence-corrected chi connectivity index (χ0v) is 8.85. The van der Waals surface area contributed by atoms with Crippen LogP contribution in [0.15, 0.2) is 0 Å². The average Bonchev–Trinajstić information content (AvgIpc) is 2.16. The minimum atomic E-state index is 0.468. The molecule has 1 heteroatoms. The van der Waals surface area contributed by atoms with Crippen LogP contribution in [0.25, 0.3) is 0 Å². The first kappa shape index (κ1) is 12.5. The Balaban J connectivity index is 2.80. The Morgan fingerprint density at radius 2 is 1.62 bits per heavy atom. The van der Waals surface area contributed by atoms with Crippen LogP contribution in [0.4, 0.5) is 0 Å². The van der Waals surface area contributed by atoms with E-state index in [1.54, 1.807) is 0 Å². The van der Waals surface area contributed by atoms with Crippen LogP contribution in [-0.4, -0.2) is 13.2 Å².